The number of nitrogens with one attached hydrogen (secondary N) is 1. The fraction of sp³-hybridized carbons (Fsp3) is 0.429. The summed E-state index contributed by atoms with van der Waals surface area (Å²) < 4.78 is 51.6. The highest BCUT2D eigenvalue weighted by Crippen LogP contribution is 2.38. The first-order valence-electron chi connectivity index (χ1n) is 6.70. The van der Waals surface area contributed by atoms with Crippen LogP contribution >= 0.6 is 11.6 Å². The van der Waals surface area contributed by atoms with Crippen LogP contribution in [0.15, 0.2) is 12.1 Å². The second-order valence-electron chi connectivity index (χ2n) is 5.17. The van der Waals surface area contributed by atoms with E-state index in [0.29, 0.717) is 12.5 Å². The highest BCUT2D eigenvalue weighted by atomic mass is 35.5. The number of carbonyl (C=O) groups is 2. The van der Waals surface area contributed by atoms with E-state index in [1.807, 2.05) is 0 Å². The molecule has 1 aliphatic heterocycles. The third-order valence-corrected chi connectivity index (χ3v) is 4.13. The number of alkyl halides is 3. The largest absolute Gasteiger partial charge is 0.420 e. The highest BCUT2D eigenvalue weighted by Gasteiger charge is 2.38. The zero-order chi connectivity index (χ0) is 17.4. The van der Waals surface area contributed by atoms with E-state index in [0.717, 1.165) is 6.07 Å². The van der Waals surface area contributed by atoms with E-state index in [2.05, 4.69) is 5.32 Å². The first kappa shape index (κ1) is 17.5. The van der Waals surface area contributed by atoms with Gasteiger partial charge in [-0.2, -0.15) is 13.2 Å². The fourth-order valence-corrected chi connectivity index (χ4v) is 2.73. The molecule has 1 saturated heterocycles. The zero-order valence-corrected chi connectivity index (χ0v) is 12.8. The summed E-state index contributed by atoms with van der Waals surface area (Å²) in [6.07, 6.45) is -4.35. The third-order valence-electron chi connectivity index (χ3n) is 3.70. The number of benzene rings is 1. The summed E-state index contributed by atoms with van der Waals surface area (Å²) in [5, 5.41) is 1.64. The van der Waals surface area contributed by atoms with Gasteiger partial charge in [0.1, 0.15) is 17.4 Å². The lowest BCUT2D eigenvalue weighted by atomic mass is 10.1. The van der Waals surface area contributed by atoms with E-state index < -0.39 is 34.5 Å². The Morgan fingerprint density at radius 1 is 1.43 bits per heavy atom. The Bertz CT molecular complexity index is 648. The monoisotopic (exact) mass is 352 g/mol. The molecule has 0 aromatic heterocycles. The Hall–Kier alpha value is -1.83. The predicted molar refractivity (Wildman–Crippen MR) is 74.1 cm³/mol. The van der Waals surface area contributed by atoms with Gasteiger partial charge in [0.2, 0.25) is 11.8 Å². The van der Waals surface area contributed by atoms with Crippen molar-refractivity contribution in [3.63, 3.8) is 0 Å². The summed E-state index contributed by atoms with van der Waals surface area (Å²) in [6, 6.07) is 1.07. The maximum Gasteiger partial charge on any atom is 0.420 e. The smallest absolute Gasteiger partial charge is 0.350 e. The van der Waals surface area contributed by atoms with E-state index in [9.17, 15) is 27.2 Å². The molecule has 1 aromatic carbocycles. The molecule has 0 saturated carbocycles. The maximum atomic E-state index is 13.3. The Labute approximate surface area is 134 Å². The molecule has 0 radical (unpaired) electrons. The minimum Gasteiger partial charge on any atom is -0.350 e. The van der Waals surface area contributed by atoms with Crippen LogP contribution in [0, 0.1) is 5.82 Å². The van der Waals surface area contributed by atoms with Crippen molar-refractivity contribution in [2.24, 2.45) is 0 Å². The number of nitrogens with zero attached hydrogens (tertiary/aromatic N) is 1. The molecule has 2 rings (SSSR count). The van der Waals surface area contributed by atoms with Crippen LogP contribution in [0.5, 0.6) is 0 Å². The Kier molecular flexibility index (Phi) is 4.84. The molecule has 1 heterocycles. The van der Waals surface area contributed by atoms with Crippen molar-refractivity contribution in [2.45, 2.75) is 31.6 Å². The van der Waals surface area contributed by atoms with Gasteiger partial charge in [-0.1, -0.05) is 17.7 Å². The highest BCUT2D eigenvalue weighted by molar-refractivity contribution is 6.32. The minimum atomic E-state index is -4.93. The van der Waals surface area contributed by atoms with Gasteiger partial charge in [0.15, 0.2) is 0 Å². The predicted octanol–water partition coefficient (Wildman–Crippen LogP) is 2.73. The van der Waals surface area contributed by atoms with Crippen molar-refractivity contribution in [1.29, 1.82) is 0 Å². The van der Waals surface area contributed by atoms with Gasteiger partial charge in [0.25, 0.3) is 0 Å². The second kappa shape index (κ2) is 6.35. The molecule has 0 spiro atoms. The molecule has 4 nitrogen and oxygen atoms in total. The number of likely N-dealkylation sites (N-methyl/N-ethyl adjacent to an activating group) is 1. The summed E-state index contributed by atoms with van der Waals surface area (Å²) in [5.41, 5.74) is -1.61. The Morgan fingerprint density at radius 3 is 2.61 bits per heavy atom. The molecule has 1 atom stereocenters. The third kappa shape index (κ3) is 3.57. The summed E-state index contributed by atoms with van der Waals surface area (Å²) in [6.45, 7) is -0.292. The van der Waals surface area contributed by atoms with Crippen LogP contribution in [0.25, 0.3) is 0 Å². The minimum absolute atomic E-state index is 0.0549. The molecule has 9 heteroatoms. The van der Waals surface area contributed by atoms with Crippen molar-refractivity contribution in [2.75, 3.05) is 7.05 Å². The van der Waals surface area contributed by atoms with Crippen molar-refractivity contribution in [3.8, 4) is 0 Å². The van der Waals surface area contributed by atoms with E-state index in [1.165, 1.54) is 11.9 Å². The standard InChI is InChI=1S/C14H13ClF4N2O2/c1-21-9(4-5-10(21)22)13(23)20-6-7-2-3-8(16)11(12(7)15)14(17,18)19/h2-3,9H,4-6H2,1H3,(H,20,23)/t9-/m0/s1. The van der Waals surface area contributed by atoms with Gasteiger partial charge >= 0.3 is 6.18 Å². The number of amides is 2. The average molecular weight is 353 g/mol. The molecular formula is C14H13ClF4N2O2. The number of hydrogen-bond acceptors (Lipinski definition) is 2. The molecule has 126 valence electrons. The zero-order valence-electron chi connectivity index (χ0n) is 12.0. The molecule has 0 aliphatic carbocycles. The quantitative estimate of drug-likeness (QED) is 0.850. The summed E-state index contributed by atoms with van der Waals surface area (Å²) in [4.78, 5) is 24.6. The van der Waals surface area contributed by atoms with Crippen molar-refractivity contribution >= 4 is 23.4 Å². The van der Waals surface area contributed by atoms with Crippen LogP contribution in [0.4, 0.5) is 17.6 Å². The average Bonchev–Trinajstić information content (AvgIpc) is 2.76. The molecule has 2 amide bonds. The van der Waals surface area contributed by atoms with Crippen LogP contribution in [0.1, 0.15) is 24.0 Å². The van der Waals surface area contributed by atoms with Gasteiger partial charge in [0.05, 0.1) is 5.02 Å². The van der Waals surface area contributed by atoms with Gasteiger partial charge < -0.3 is 10.2 Å². The van der Waals surface area contributed by atoms with Crippen LogP contribution in [-0.2, 0) is 22.3 Å². The van der Waals surface area contributed by atoms with Crippen LogP contribution in [0.2, 0.25) is 5.02 Å². The first-order chi connectivity index (χ1) is 10.6. The topological polar surface area (TPSA) is 49.4 Å². The van der Waals surface area contributed by atoms with Gasteiger partial charge in [0, 0.05) is 20.0 Å². The van der Waals surface area contributed by atoms with E-state index in [1.54, 1.807) is 0 Å². The fourth-order valence-electron chi connectivity index (χ4n) is 2.40. The van der Waals surface area contributed by atoms with E-state index in [-0.39, 0.29) is 24.4 Å². The lowest BCUT2D eigenvalue weighted by Crippen LogP contribution is -2.42. The summed E-state index contributed by atoms with van der Waals surface area (Å²) in [7, 11) is 1.48. The maximum absolute atomic E-state index is 13.3. The van der Waals surface area contributed by atoms with E-state index >= 15 is 0 Å². The lowest BCUT2D eigenvalue weighted by molar-refractivity contribution is -0.140. The van der Waals surface area contributed by atoms with Gasteiger partial charge in [-0.15, -0.1) is 0 Å². The molecular weight excluding hydrogens is 340 g/mol. The summed E-state index contributed by atoms with van der Waals surface area (Å²) in [5.74, 6) is -2.14. The Morgan fingerprint density at radius 2 is 2.09 bits per heavy atom. The number of hydrogen-bond donors (Lipinski definition) is 1. The number of rotatable bonds is 3. The van der Waals surface area contributed by atoms with Crippen LogP contribution < -0.4 is 5.32 Å². The molecule has 0 unspecified atom stereocenters. The van der Waals surface area contributed by atoms with Gasteiger partial charge in [-0.05, 0) is 18.1 Å². The summed E-state index contributed by atoms with van der Waals surface area (Å²) >= 11 is 5.62. The van der Waals surface area contributed by atoms with Crippen LogP contribution in [0.3, 0.4) is 0 Å². The van der Waals surface area contributed by atoms with E-state index in [4.69, 9.17) is 11.6 Å². The first-order valence-corrected chi connectivity index (χ1v) is 7.08. The van der Waals surface area contributed by atoms with Crippen molar-refractivity contribution < 1.29 is 27.2 Å². The lowest BCUT2D eigenvalue weighted by Gasteiger charge is -2.19. The van der Waals surface area contributed by atoms with Crippen molar-refractivity contribution in [1.82, 2.24) is 10.2 Å². The van der Waals surface area contributed by atoms with Gasteiger partial charge in [-0.3, -0.25) is 9.59 Å². The number of likely N-dealkylation sites (tertiary alicyclic amines) is 1. The van der Waals surface area contributed by atoms with Gasteiger partial charge in [-0.25, -0.2) is 4.39 Å². The SMILES string of the molecule is CN1C(=O)CC[C@H]1C(=O)NCc1ccc(F)c(C(F)(F)F)c1Cl. The number of carbonyl (C=O) groups excluding carboxylic acids is 2. The molecule has 1 aromatic rings. The molecule has 1 N–H and O–H groups in total. The molecule has 1 fully saturated rings. The second-order valence-corrected chi connectivity index (χ2v) is 5.55. The Balaban J connectivity index is 2.13. The normalized spacial score (nSPS) is 18.4. The molecule has 1 aliphatic rings. The van der Waals surface area contributed by atoms with Crippen LogP contribution in [-0.4, -0.2) is 29.8 Å². The molecule has 0 bridgehead atoms. The van der Waals surface area contributed by atoms with Crippen molar-refractivity contribution in [3.05, 3.63) is 34.1 Å². The number of halogens is 5. The molecule has 23 heavy (non-hydrogen) atoms.